The number of benzene rings is 3. The van der Waals surface area contributed by atoms with E-state index in [1.54, 1.807) is 0 Å². The van der Waals surface area contributed by atoms with Crippen molar-refractivity contribution in [2.24, 2.45) is 0 Å². The van der Waals surface area contributed by atoms with E-state index >= 15 is 0 Å². The highest BCUT2D eigenvalue weighted by Gasteiger charge is 2.24. The van der Waals surface area contributed by atoms with Crippen LogP contribution in [0.3, 0.4) is 0 Å². The molecule has 0 aliphatic rings. The van der Waals surface area contributed by atoms with Gasteiger partial charge in [0.15, 0.2) is 0 Å². The van der Waals surface area contributed by atoms with Gasteiger partial charge in [-0.05, 0) is 63.3 Å². The fourth-order valence-corrected chi connectivity index (χ4v) is 4.52. The molecule has 0 saturated carbocycles. The largest absolute Gasteiger partial charge is 0.309 e. The molecule has 0 saturated heterocycles. The lowest BCUT2D eigenvalue weighted by molar-refractivity contribution is 0.587. The molecule has 0 aliphatic carbocycles. The zero-order chi connectivity index (χ0) is 22.8. The van der Waals surface area contributed by atoms with Crippen LogP contribution in [-0.4, -0.2) is 4.57 Å². The van der Waals surface area contributed by atoms with Crippen LogP contribution in [0, 0.1) is 0 Å². The fourth-order valence-electron chi connectivity index (χ4n) is 4.52. The molecule has 3 aromatic carbocycles. The van der Waals surface area contributed by atoms with Gasteiger partial charge >= 0.3 is 0 Å². The Kier molecular flexibility index (Phi) is 4.89. The minimum atomic E-state index is 0.0657. The number of aromatic nitrogens is 1. The summed E-state index contributed by atoms with van der Waals surface area (Å²) in [5.74, 6) is 0. The minimum absolute atomic E-state index is 0.0657. The monoisotopic (exact) mass is 411 g/mol. The van der Waals surface area contributed by atoms with E-state index in [-0.39, 0.29) is 16.2 Å². The summed E-state index contributed by atoms with van der Waals surface area (Å²) in [5.41, 5.74) is 8.28. The first-order valence-corrected chi connectivity index (χ1v) is 11.5. The Bertz CT molecular complexity index is 1190. The fraction of sp³-hybridized carbons (Fsp3) is 0.400. The molecule has 0 amide bonds. The third-order valence-corrected chi connectivity index (χ3v) is 6.45. The SMILES string of the molecule is CC(C)(C)c1ccc2c(c1)c1cc(C(C)(C)C)ccc1n2-c1ccccc1C(C)(C)C. The van der Waals surface area contributed by atoms with Gasteiger partial charge in [0.1, 0.15) is 0 Å². The maximum Gasteiger partial charge on any atom is 0.0541 e. The lowest BCUT2D eigenvalue weighted by Gasteiger charge is -2.24. The Morgan fingerprint density at radius 1 is 0.516 bits per heavy atom. The summed E-state index contributed by atoms with van der Waals surface area (Å²) >= 11 is 0. The van der Waals surface area contributed by atoms with Crippen LogP contribution in [0.1, 0.15) is 79.0 Å². The first-order chi connectivity index (χ1) is 14.3. The normalized spacial score (nSPS) is 13.3. The zero-order valence-electron chi connectivity index (χ0n) is 20.7. The molecule has 0 spiro atoms. The van der Waals surface area contributed by atoms with E-state index in [1.165, 1.54) is 44.2 Å². The Labute approximate surface area is 188 Å². The topological polar surface area (TPSA) is 4.93 Å². The Hall–Kier alpha value is -2.54. The van der Waals surface area contributed by atoms with Gasteiger partial charge in [-0.15, -0.1) is 0 Å². The molecular formula is C30H37N. The molecule has 0 unspecified atom stereocenters. The maximum atomic E-state index is 2.48. The molecule has 4 rings (SSSR count). The van der Waals surface area contributed by atoms with Crippen LogP contribution in [0.25, 0.3) is 27.5 Å². The molecule has 0 N–H and O–H groups in total. The molecule has 31 heavy (non-hydrogen) atoms. The second-order valence-electron chi connectivity index (χ2n) is 12.1. The van der Waals surface area contributed by atoms with Crippen molar-refractivity contribution < 1.29 is 0 Å². The third-order valence-electron chi connectivity index (χ3n) is 6.45. The van der Waals surface area contributed by atoms with Gasteiger partial charge in [-0.1, -0.05) is 92.6 Å². The molecule has 0 radical (unpaired) electrons. The van der Waals surface area contributed by atoms with E-state index in [0.717, 1.165) is 0 Å². The molecule has 0 fully saturated rings. The average molecular weight is 412 g/mol. The molecule has 4 aromatic rings. The number of nitrogens with zero attached hydrogens (tertiary/aromatic N) is 1. The van der Waals surface area contributed by atoms with Crippen molar-refractivity contribution in [1.29, 1.82) is 0 Å². The van der Waals surface area contributed by atoms with Crippen molar-refractivity contribution in [3.8, 4) is 5.69 Å². The van der Waals surface area contributed by atoms with E-state index in [1.807, 2.05) is 0 Å². The summed E-state index contributed by atoms with van der Waals surface area (Å²) in [6.45, 7) is 20.7. The minimum Gasteiger partial charge on any atom is -0.309 e. The van der Waals surface area contributed by atoms with Gasteiger partial charge in [-0.2, -0.15) is 0 Å². The number of para-hydroxylation sites is 1. The standard InChI is InChI=1S/C30H37N/c1-28(2,3)20-14-16-25-22(18-20)23-19-21(29(4,5)6)15-17-26(23)31(25)27-13-11-10-12-24(27)30(7,8)9/h10-19H,1-9H3. The lowest BCUT2D eigenvalue weighted by Crippen LogP contribution is -2.15. The summed E-state index contributed by atoms with van der Waals surface area (Å²) < 4.78 is 2.48. The van der Waals surface area contributed by atoms with E-state index in [2.05, 4.69) is 128 Å². The van der Waals surface area contributed by atoms with Gasteiger partial charge in [0, 0.05) is 16.5 Å². The molecule has 1 heteroatoms. The number of fused-ring (bicyclic) bond motifs is 3. The Morgan fingerprint density at radius 3 is 1.39 bits per heavy atom. The van der Waals surface area contributed by atoms with Gasteiger partial charge in [-0.25, -0.2) is 0 Å². The Balaban J connectivity index is 2.16. The van der Waals surface area contributed by atoms with Crippen LogP contribution < -0.4 is 0 Å². The predicted octanol–water partition coefficient (Wildman–Crippen LogP) is 8.68. The summed E-state index contributed by atoms with van der Waals surface area (Å²) in [7, 11) is 0. The predicted molar refractivity (Wildman–Crippen MR) is 137 cm³/mol. The van der Waals surface area contributed by atoms with E-state index in [0.29, 0.717) is 0 Å². The highest BCUT2D eigenvalue weighted by molar-refractivity contribution is 6.10. The summed E-state index contributed by atoms with van der Waals surface area (Å²) in [6, 6.07) is 23.0. The maximum absolute atomic E-state index is 2.48. The van der Waals surface area contributed by atoms with Gasteiger partial charge in [0.05, 0.1) is 11.0 Å². The van der Waals surface area contributed by atoms with Gasteiger partial charge < -0.3 is 4.57 Å². The van der Waals surface area contributed by atoms with Crippen LogP contribution >= 0.6 is 0 Å². The van der Waals surface area contributed by atoms with Crippen molar-refractivity contribution in [1.82, 2.24) is 4.57 Å². The second kappa shape index (κ2) is 6.99. The first-order valence-electron chi connectivity index (χ1n) is 11.5. The summed E-state index contributed by atoms with van der Waals surface area (Å²) in [6.07, 6.45) is 0. The summed E-state index contributed by atoms with van der Waals surface area (Å²) in [5, 5.41) is 2.69. The highest BCUT2D eigenvalue weighted by atomic mass is 15.0. The zero-order valence-corrected chi connectivity index (χ0v) is 20.7. The van der Waals surface area contributed by atoms with Crippen LogP contribution in [0.4, 0.5) is 0 Å². The second-order valence-corrected chi connectivity index (χ2v) is 12.1. The average Bonchev–Trinajstić information content (AvgIpc) is 2.99. The van der Waals surface area contributed by atoms with E-state index < -0.39 is 0 Å². The van der Waals surface area contributed by atoms with Crippen molar-refractivity contribution in [2.75, 3.05) is 0 Å². The molecule has 1 heterocycles. The smallest absolute Gasteiger partial charge is 0.0541 e. The molecule has 0 aliphatic heterocycles. The quantitative estimate of drug-likeness (QED) is 0.295. The molecule has 0 atom stereocenters. The molecule has 1 nitrogen and oxygen atoms in total. The Morgan fingerprint density at radius 2 is 0.968 bits per heavy atom. The first kappa shape index (κ1) is 21.7. The van der Waals surface area contributed by atoms with Gasteiger partial charge in [0.2, 0.25) is 0 Å². The number of rotatable bonds is 1. The third kappa shape index (κ3) is 3.80. The van der Waals surface area contributed by atoms with Gasteiger partial charge in [-0.3, -0.25) is 0 Å². The van der Waals surface area contributed by atoms with E-state index in [9.17, 15) is 0 Å². The van der Waals surface area contributed by atoms with Crippen molar-refractivity contribution in [2.45, 2.75) is 78.6 Å². The summed E-state index contributed by atoms with van der Waals surface area (Å²) in [4.78, 5) is 0. The molecule has 1 aromatic heterocycles. The molecule has 0 bridgehead atoms. The van der Waals surface area contributed by atoms with Crippen LogP contribution in [-0.2, 0) is 16.2 Å². The van der Waals surface area contributed by atoms with Crippen LogP contribution in [0.2, 0.25) is 0 Å². The van der Waals surface area contributed by atoms with Crippen molar-refractivity contribution in [3.63, 3.8) is 0 Å². The highest BCUT2D eigenvalue weighted by Crippen LogP contribution is 2.39. The van der Waals surface area contributed by atoms with Crippen molar-refractivity contribution in [3.05, 3.63) is 77.4 Å². The number of hydrogen-bond acceptors (Lipinski definition) is 0. The lowest BCUT2D eigenvalue weighted by atomic mass is 9.85. The van der Waals surface area contributed by atoms with Gasteiger partial charge in [0.25, 0.3) is 0 Å². The van der Waals surface area contributed by atoms with Crippen LogP contribution in [0.15, 0.2) is 60.7 Å². The van der Waals surface area contributed by atoms with E-state index in [4.69, 9.17) is 0 Å². The van der Waals surface area contributed by atoms with Crippen LogP contribution in [0.5, 0.6) is 0 Å². The molecule has 162 valence electrons. The number of hydrogen-bond donors (Lipinski definition) is 0. The molecular weight excluding hydrogens is 374 g/mol. The van der Waals surface area contributed by atoms with Crippen molar-refractivity contribution >= 4 is 21.8 Å².